The molecule has 0 aliphatic rings. The molecule has 0 fully saturated rings. The maximum atomic E-state index is 11.7. The van der Waals surface area contributed by atoms with E-state index in [1.165, 1.54) is 18.5 Å². The van der Waals surface area contributed by atoms with Gasteiger partial charge in [0.25, 0.3) is 0 Å². The number of carbonyl (C=O) groups is 1. The van der Waals surface area contributed by atoms with Crippen LogP contribution < -0.4 is 5.32 Å². The number of anilines is 1. The van der Waals surface area contributed by atoms with Crippen LogP contribution in [0.3, 0.4) is 0 Å². The molecule has 2 aromatic rings. The number of benzene rings is 1. The second-order valence-corrected chi connectivity index (χ2v) is 3.97. The molecule has 2 rings (SSSR count). The molecule has 0 spiro atoms. The number of carbonyl (C=O) groups excluding carboxylic acids is 1. The van der Waals surface area contributed by atoms with E-state index in [9.17, 15) is 9.90 Å². The summed E-state index contributed by atoms with van der Waals surface area (Å²) in [5.41, 5.74) is 0.546. The van der Waals surface area contributed by atoms with E-state index in [-0.39, 0.29) is 29.0 Å². The average molecular weight is 264 g/mol. The van der Waals surface area contributed by atoms with Gasteiger partial charge in [0.2, 0.25) is 5.91 Å². The van der Waals surface area contributed by atoms with Crippen LogP contribution in [0.5, 0.6) is 5.75 Å². The normalized spacial score (nSPS) is 10.1. The van der Waals surface area contributed by atoms with Crippen molar-refractivity contribution in [3.8, 4) is 5.75 Å². The van der Waals surface area contributed by atoms with Gasteiger partial charge in [-0.1, -0.05) is 29.8 Å². The van der Waals surface area contributed by atoms with Gasteiger partial charge in [-0.3, -0.25) is 9.78 Å². The Morgan fingerprint density at radius 3 is 2.83 bits per heavy atom. The predicted octanol–water partition coefficient (Wildman–Crippen LogP) is 2.02. The standard InChI is InChI=1S/C12H10ClN3O2/c13-10-6-14-7-11(15-10)16-12(18)5-8-3-1-2-4-9(8)17/h1-4,6-7,17H,5H2,(H,15,16,18). The Hall–Kier alpha value is -2.14. The van der Waals surface area contributed by atoms with Crippen LogP contribution in [0.25, 0.3) is 0 Å². The van der Waals surface area contributed by atoms with Crippen molar-refractivity contribution in [3.05, 3.63) is 47.4 Å². The van der Waals surface area contributed by atoms with Crippen molar-refractivity contribution in [2.45, 2.75) is 6.42 Å². The van der Waals surface area contributed by atoms with Crippen LogP contribution in [-0.2, 0) is 11.2 Å². The molecule has 18 heavy (non-hydrogen) atoms. The molecule has 0 bridgehead atoms. The molecule has 1 aromatic carbocycles. The van der Waals surface area contributed by atoms with Crippen LogP contribution in [0.1, 0.15) is 5.56 Å². The molecular weight excluding hydrogens is 254 g/mol. The summed E-state index contributed by atoms with van der Waals surface area (Å²) in [4.78, 5) is 19.4. The number of nitrogens with one attached hydrogen (secondary N) is 1. The number of hydrogen-bond acceptors (Lipinski definition) is 4. The van der Waals surface area contributed by atoms with Crippen molar-refractivity contribution in [1.82, 2.24) is 9.97 Å². The molecule has 0 radical (unpaired) electrons. The summed E-state index contributed by atoms with van der Waals surface area (Å²) in [7, 11) is 0. The summed E-state index contributed by atoms with van der Waals surface area (Å²) in [5.74, 6) is 0.0702. The first-order valence-corrected chi connectivity index (χ1v) is 5.57. The molecule has 2 N–H and O–H groups in total. The Balaban J connectivity index is 2.03. The third kappa shape index (κ3) is 3.18. The minimum absolute atomic E-state index is 0.0564. The summed E-state index contributed by atoms with van der Waals surface area (Å²) in [5, 5.41) is 12.3. The number of nitrogens with zero attached hydrogens (tertiary/aromatic N) is 2. The maximum absolute atomic E-state index is 11.7. The SMILES string of the molecule is O=C(Cc1ccccc1O)Nc1cncc(Cl)n1. The molecule has 0 aliphatic carbocycles. The Bertz CT molecular complexity index is 575. The topological polar surface area (TPSA) is 75.1 Å². The number of hydrogen-bond donors (Lipinski definition) is 2. The summed E-state index contributed by atoms with van der Waals surface area (Å²) in [6.07, 6.45) is 2.83. The molecule has 0 atom stereocenters. The van der Waals surface area contributed by atoms with Crippen LogP contribution in [0.4, 0.5) is 5.82 Å². The summed E-state index contributed by atoms with van der Waals surface area (Å²) in [6.45, 7) is 0. The van der Waals surface area contributed by atoms with Crippen molar-refractivity contribution in [3.63, 3.8) is 0 Å². The molecule has 1 aromatic heterocycles. The number of amides is 1. The third-order valence-corrected chi connectivity index (χ3v) is 2.40. The molecular formula is C12H10ClN3O2. The quantitative estimate of drug-likeness (QED) is 0.888. The highest BCUT2D eigenvalue weighted by molar-refractivity contribution is 6.29. The largest absolute Gasteiger partial charge is 0.508 e. The number of para-hydroxylation sites is 1. The summed E-state index contributed by atoms with van der Waals surface area (Å²) >= 11 is 5.65. The van der Waals surface area contributed by atoms with Crippen molar-refractivity contribution >= 4 is 23.3 Å². The average Bonchev–Trinajstić information content (AvgIpc) is 2.32. The van der Waals surface area contributed by atoms with Gasteiger partial charge < -0.3 is 10.4 Å². The lowest BCUT2D eigenvalue weighted by atomic mass is 10.1. The highest BCUT2D eigenvalue weighted by Crippen LogP contribution is 2.16. The number of aromatic hydroxyl groups is 1. The van der Waals surface area contributed by atoms with Gasteiger partial charge in [0.1, 0.15) is 10.9 Å². The number of phenolic OH excluding ortho intramolecular Hbond substituents is 1. The van der Waals surface area contributed by atoms with E-state index in [1.54, 1.807) is 18.2 Å². The zero-order valence-electron chi connectivity index (χ0n) is 9.30. The van der Waals surface area contributed by atoms with E-state index in [2.05, 4.69) is 15.3 Å². The molecule has 5 nitrogen and oxygen atoms in total. The fourth-order valence-electron chi connectivity index (χ4n) is 1.42. The monoisotopic (exact) mass is 263 g/mol. The fourth-order valence-corrected chi connectivity index (χ4v) is 1.57. The maximum Gasteiger partial charge on any atom is 0.230 e. The van der Waals surface area contributed by atoms with Gasteiger partial charge in [-0.2, -0.15) is 0 Å². The second-order valence-electron chi connectivity index (χ2n) is 3.58. The third-order valence-electron chi connectivity index (χ3n) is 2.22. The van der Waals surface area contributed by atoms with Crippen molar-refractivity contribution in [1.29, 1.82) is 0 Å². The molecule has 92 valence electrons. The lowest BCUT2D eigenvalue weighted by Gasteiger charge is -2.05. The van der Waals surface area contributed by atoms with Crippen LogP contribution in [0, 0.1) is 0 Å². The smallest absolute Gasteiger partial charge is 0.230 e. The number of halogens is 1. The first-order valence-electron chi connectivity index (χ1n) is 5.19. The molecule has 6 heteroatoms. The minimum atomic E-state index is -0.298. The van der Waals surface area contributed by atoms with E-state index in [0.29, 0.717) is 5.56 Å². The number of rotatable bonds is 3. The summed E-state index contributed by atoms with van der Waals surface area (Å²) in [6, 6.07) is 6.65. The first-order chi connectivity index (χ1) is 8.65. The van der Waals surface area contributed by atoms with Crippen molar-refractivity contribution in [2.75, 3.05) is 5.32 Å². The van der Waals surface area contributed by atoms with Crippen molar-refractivity contribution < 1.29 is 9.90 Å². The Morgan fingerprint density at radius 1 is 1.33 bits per heavy atom. The Kier molecular flexibility index (Phi) is 3.74. The van der Waals surface area contributed by atoms with Gasteiger partial charge in [-0.25, -0.2) is 4.98 Å². The molecule has 0 saturated carbocycles. The van der Waals surface area contributed by atoms with E-state index in [4.69, 9.17) is 11.6 Å². The highest BCUT2D eigenvalue weighted by Gasteiger charge is 2.08. The van der Waals surface area contributed by atoms with Crippen molar-refractivity contribution in [2.24, 2.45) is 0 Å². The number of phenols is 1. The van der Waals surface area contributed by atoms with Crippen LogP contribution in [0.2, 0.25) is 5.15 Å². The Labute approximate surface area is 108 Å². The van der Waals surface area contributed by atoms with Gasteiger partial charge in [0.15, 0.2) is 5.82 Å². The van der Waals surface area contributed by atoms with Gasteiger partial charge in [-0.15, -0.1) is 0 Å². The minimum Gasteiger partial charge on any atom is -0.508 e. The zero-order chi connectivity index (χ0) is 13.0. The van der Waals surface area contributed by atoms with Crippen LogP contribution in [0.15, 0.2) is 36.7 Å². The highest BCUT2D eigenvalue weighted by atomic mass is 35.5. The predicted molar refractivity (Wildman–Crippen MR) is 67.5 cm³/mol. The van der Waals surface area contributed by atoms with Gasteiger partial charge in [0.05, 0.1) is 18.8 Å². The van der Waals surface area contributed by atoms with Gasteiger partial charge in [0, 0.05) is 5.56 Å². The lowest BCUT2D eigenvalue weighted by Crippen LogP contribution is -2.15. The zero-order valence-corrected chi connectivity index (χ0v) is 10.1. The lowest BCUT2D eigenvalue weighted by molar-refractivity contribution is -0.115. The number of aromatic nitrogens is 2. The van der Waals surface area contributed by atoms with Crippen LogP contribution >= 0.6 is 11.6 Å². The van der Waals surface area contributed by atoms with Crippen LogP contribution in [-0.4, -0.2) is 21.0 Å². The van der Waals surface area contributed by atoms with E-state index in [1.807, 2.05) is 0 Å². The molecule has 0 unspecified atom stereocenters. The first kappa shape index (κ1) is 12.3. The van der Waals surface area contributed by atoms with E-state index < -0.39 is 0 Å². The Morgan fingerprint density at radius 2 is 2.11 bits per heavy atom. The fraction of sp³-hybridized carbons (Fsp3) is 0.0833. The molecule has 1 amide bonds. The molecule has 0 saturated heterocycles. The summed E-state index contributed by atoms with van der Waals surface area (Å²) < 4.78 is 0. The molecule has 1 heterocycles. The second kappa shape index (κ2) is 5.46. The van der Waals surface area contributed by atoms with Gasteiger partial charge in [-0.05, 0) is 6.07 Å². The van der Waals surface area contributed by atoms with E-state index in [0.717, 1.165) is 0 Å². The van der Waals surface area contributed by atoms with Gasteiger partial charge >= 0.3 is 0 Å². The van der Waals surface area contributed by atoms with E-state index >= 15 is 0 Å². The molecule has 0 aliphatic heterocycles.